The van der Waals surface area contributed by atoms with Crippen LogP contribution in [0.3, 0.4) is 0 Å². The van der Waals surface area contributed by atoms with E-state index in [-0.39, 0.29) is 18.0 Å². The Morgan fingerprint density at radius 1 is 1.07 bits per heavy atom. The van der Waals surface area contributed by atoms with Crippen molar-refractivity contribution in [2.45, 2.75) is 18.9 Å². The first-order valence-electron chi connectivity index (χ1n) is 8.78. The molecule has 2 aromatic rings. The number of nitrogens with one attached hydrogen (secondary N) is 2. The third kappa shape index (κ3) is 4.69. The molecule has 27 heavy (non-hydrogen) atoms. The van der Waals surface area contributed by atoms with Crippen molar-refractivity contribution in [1.29, 1.82) is 0 Å². The molecule has 0 radical (unpaired) electrons. The van der Waals surface area contributed by atoms with E-state index in [1.165, 1.54) is 0 Å². The molecule has 1 aliphatic heterocycles. The third-order valence-electron chi connectivity index (χ3n) is 4.39. The number of benzene rings is 2. The summed E-state index contributed by atoms with van der Waals surface area (Å²) in [6, 6.07) is 14.1. The highest BCUT2D eigenvalue weighted by Crippen LogP contribution is 2.34. The van der Waals surface area contributed by atoms with E-state index in [2.05, 4.69) is 10.6 Å². The quantitative estimate of drug-likeness (QED) is 0.848. The number of hydrogen-bond donors (Lipinski definition) is 2. The first-order valence-corrected chi connectivity index (χ1v) is 8.78. The molecule has 0 spiro atoms. The number of nitrogens with zero attached hydrogens (tertiary/aromatic N) is 1. The number of likely N-dealkylation sites (tertiary alicyclic amines) is 1. The number of amides is 3. The van der Waals surface area contributed by atoms with Crippen molar-refractivity contribution in [2.24, 2.45) is 0 Å². The van der Waals surface area contributed by atoms with Crippen LogP contribution >= 0.6 is 0 Å². The van der Waals surface area contributed by atoms with Crippen LogP contribution < -0.4 is 20.1 Å². The normalized spacial score (nSPS) is 16.6. The molecular formula is C20H23N3O4. The van der Waals surface area contributed by atoms with Crippen LogP contribution in [0.25, 0.3) is 0 Å². The summed E-state index contributed by atoms with van der Waals surface area (Å²) in [5.41, 5.74) is 0.543. The Kier molecular flexibility index (Phi) is 5.80. The van der Waals surface area contributed by atoms with Crippen molar-refractivity contribution < 1.29 is 19.1 Å². The maximum Gasteiger partial charge on any atom is 0.319 e. The fourth-order valence-corrected chi connectivity index (χ4v) is 2.95. The number of anilines is 1. The fourth-order valence-electron chi connectivity index (χ4n) is 2.95. The lowest BCUT2D eigenvalue weighted by atomic mass is 10.1. The Balaban J connectivity index is 1.67. The number of hydrogen-bond acceptors (Lipinski definition) is 4. The summed E-state index contributed by atoms with van der Waals surface area (Å²) in [4.78, 5) is 25.6. The number of para-hydroxylation sites is 4. The smallest absolute Gasteiger partial charge is 0.319 e. The van der Waals surface area contributed by atoms with Crippen LogP contribution in [0.5, 0.6) is 17.2 Å². The minimum atomic E-state index is -0.334. The number of carbonyl (C=O) groups is 2. The molecule has 7 nitrogen and oxygen atoms in total. The lowest BCUT2D eigenvalue weighted by Gasteiger charge is -2.30. The molecule has 0 aliphatic carbocycles. The monoisotopic (exact) mass is 369 g/mol. The van der Waals surface area contributed by atoms with Crippen molar-refractivity contribution in [3.63, 3.8) is 0 Å². The van der Waals surface area contributed by atoms with Crippen LogP contribution in [0, 0.1) is 0 Å². The van der Waals surface area contributed by atoms with Gasteiger partial charge in [-0.15, -0.1) is 0 Å². The van der Waals surface area contributed by atoms with E-state index in [0.29, 0.717) is 42.3 Å². The van der Waals surface area contributed by atoms with Gasteiger partial charge in [0.2, 0.25) is 5.91 Å². The maximum atomic E-state index is 12.4. The first kappa shape index (κ1) is 18.6. The second-order valence-electron chi connectivity index (χ2n) is 6.36. The molecule has 1 atom stereocenters. The lowest BCUT2D eigenvalue weighted by Crippen LogP contribution is -2.49. The number of urea groups is 1. The summed E-state index contributed by atoms with van der Waals surface area (Å²) in [7, 11) is 3.32. The molecule has 0 saturated carbocycles. The van der Waals surface area contributed by atoms with E-state index >= 15 is 0 Å². The molecule has 142 valence electrons. The van der Waals surface area contributed by atoms with Gasteiger partial charge in [-0.3, -0.25) is 4.79 Å². The lowest BCUT2D eigenvalue weighted by molar-refractivity contribution is -0.132. The van der Waals surface area contributed by atoms with Gasteiger partial charge in [-0.25, -0.2) is 4.79 Å². The fraction of sp³-hybridized carbons (Fsp3) is 0.300. The van der Waals surface area contributed by atoms with E-state index in [4.69, 9.17) is 9.47 Å². The van der Waals surface area contributed by atoms with Gasteiger partial charge in [0.15, 0.2) is 17.2 Å². The molecule has 0 bridgehead atoms. The van der Waals surface area contributed by atoms with E-state index in [0.717, 1.165) is 0 Å². The zero-order chi connectivity index (χ0) is 19.2. The molecule has 1 aliphatic rings. The molecule has 3 amide bonds. The third-order valence-corrected chi connectivity index (χ3v) is 4.39. The zero-order valence-corrected chi connectivity index (χ0v) is 15.4. The highest BCUT2D eigenvalue weighted by Gasteiger charge is 2.24. The molecule has 1 heterocycles. The average molecular weight is 369 g/mol. The Bertz CT molecular complexity index is 824. The van der Waals surface area contributed by atoms with Gasteiger partial charge in [0, 0.05) is 26.1 Å². The summed E-state index contributed by atoms with van der Waals surface area (Å²) < 4.78 is 11.2. The zero-order valence-electron chi connectivity index (χ0n) is 15.4. The number of piperidine rings is 1. The van der Waals surface area contributed by atoms with Crippen molar-refractivity contribution in [1.82, 2.24) is 10.2 Å². The van der Waals surface area contributed by atoms with Gasteiger partial charge in [0.05, 0.1) is 12.8 Å². The summed E-state index contributed by atoms with van der Waals surface area (Å²) >= 11 is 0. The van der Waals surface area contributed by atoms with Gasteiger partial charge in [-0.05, 0) is 30.7 Å². The van der Waals surface area contributed by atoms with Gasteiger partial charge in [0.25, 0.3) is 0 Å². The molecule has 2 aromatic carbocycles. The molecule has 7 heteroatoms. The second-order valence-corrected chi connectivity index (χ2v) is 6.36. The number of likely N-dealkylation sites (N-methyl/N-ethyl adjacent to an activating group) is 1. The van der Waals surface area contributed by atoms with Gasteiger partial charge in [-0.1, -0.05) is 24.3 Å². The summed E-state index contributed by atoms with van der Waals surface area (Å²) in [6.45, 7) is 0.506. The second kappa shape index (κ2) is 8.44. The molecule has 1 saturated heterocycles. The number of carbonyl (C=O) groups excluding carboxylic acids is 2. The summed E-state index contributed by atoms with van der Waals surface area (Å²) in [5.74, 6) is 1.77. The highest BCUT2D eigenvalue weighted by molar-refractivity contribution is 5.91. The molecule has 1 fully saturated rings. The van der Waals surface area contributed by atoms with Crippen LogP contribution in [0.1, 0.15) is 12.8 Å². The predicted octanol–water partition coefficient (Wildman–Crippen LogP) is 3.23. The number of rotatable bonds is 5. The molecular weight excluding hydrogens is 346 g/mol. The van der Waals surface area contributed by atoms with Crippen LogP contribution in [-0.4, -0.2) is 43.6 Å². The van der Waals surface area contributed by atoms with Crippen molar-refractivity contribution in [3.8, 4) is 17.2 Å². The number of ether oxygens (including phenoxy) is 2. The van der Waals surface area contributed by atoms with Crippen LogP contribution in [0.2, 0.25) is 0 Å². The minimum absolute atomic E-state index is 0.0741. The van der Waals surface area contributed by atoms with Gasteiger partial charge in [0.1, 0.15) is 0 Å². The predicted molar refractivity (Wildman–Crippen MR) is 102 cm³/mol. The summed E-state index contributed by atoms with van der Waals surface area (Å²) in [6.07, 6.45) is 1.07. The maximum absolute atomic E-state index is 12.4. The minimum Gasteiger partial charge on any atom is -0.493 e. The van der Waals surface area contributed by atoms with Crippen molar-refractivity contribution in [2.75, 3.05) is 26.0 Å². The van der Waals surface area contributed by atoms with Gasteiger partial charge in [-0.2, -0.15) is 0 Å². The first-order chi connectivity index (χ1) is 13.1. The van der Waals surface area contributed by atoms with E-state index in [1.54, 1.807) is 43.3 Å². The van der Waals surface area contributed by atoms with Gasteiger partial charge >= 0.3 is 6.03 Å². The van der Waals surface area contributed by atoms with E-state index < -0.39 is 0 Å². The number of methoxy groups -OCH3 is 1. The molecule has 3 rings (SSSR count). The standard InChI is InChI=1S/C20H23N3O4/c1-23-13-14(11-12-19(23)24)21-20(25)22-15-7-3-4-8-16(15)27-18-10-6-5-9-17(18)26-2/h3-10,14H,11-13H2,1-2H3,(H2,21,22,25)/t14-/m1/s1. The SMILES string of the molecule is COc1ccccc1Oc1ccccc1NC(=O)N[C@@H]1CCC(=O)N(C)C1. The Labute approximate surface area is 158 Å². The molecule has 2 N–H and O–H groups in total. The molecule has 0 unspecified atom stereocenters. The van der Waals surface area contributed by atoms with Crippen LogP contribution in [-0.2, 0) is 4.79 Å². The largest absolute Gasteiger partial charge is 0.493 e. The van der Waals surface area contributed by atoms with Crippen LogP contribution in [0.15, 0.2) is 48.5 Å². The van der Waals surface area contributed by atoms with E-state index in [9.17, 15) is 9.59 Å². The summed E-state index contributed by atoms with van der Waals surface area (Å²) in [5, 5.41) is 5.73. The van der Waals surface area contributed by atoms with Gasteiger partial charge < -0.3 is 25.0 Å². The highest BCUT2D eigenvalue weighted by atomic mass is 16.5. The Hall–Kier alpha value is -3.22. The van der Waals surface area contributed by atoms with Crippen LogP contribution in [0.4, 0.5) is 10.5 Å². The van der Waals surface area contributed by atoms with E-state index in [1.807, 2.05) is 24.3 Å². The topological polar surface area (TPSA) is 79.9 Å². The Morgan fingerprint density at radius 2 is 1.74 bits per heavy atom. The van der Waals surface area contributed by atoms with Crippen molar-refractivity contribution in [3.05, 3.63) is 48.5 Å². The molecule has 0 aromatic heterocycles. The Morgan fingerprint density at radius 3 is 2.44 bits per heavy atom. The van der Waals surface area contributed by atoms with Crippen molar-refractivity contribution >= 4 is 17.6 Å². The average Bonchev–Trinajstić information content (AvgIpc) is 2.67.